The summed E-state index contributed by atoms with van der Waals surface area (Å²) in [6.07, 6.45) is -1.90. The van der Waals surface area contributed by atoms with Crippen molar-refractivity contribution < 1.29 is 38.6 Å². The van der Waals surface area contributed by atoms with Crippen LogP contribution in [0.25, 0.3) is 0 Å². The molecule has 0 radical (unpaired) electrons. The minimum atomic E-state index is -4.65. The van der Waals surface area contributed by atoms with Crippen LogP contribution in [0.1, 0.15) is 12.8 Å². The Balaban J connectivity index is 5.09. The first kappa shape index (κ1) is 18.7. The molecule has 0 aromatic carbocycles. The minimum absolute atomic E-state index is 0.0637. The highest BCUT2D eigenvalue weighted by molar-refractivity contribution is 7.52. The standard InChI is InChI=1S/C7H18N2O8P2/c8-3-1-2-6(7(10)11)9(4-18(12,13)14)5-19(15,16)17/h6H,1-5,8H2,(H,10,11)(H2,12,13,14)(H2,15,16,17). The molecule has 1 unspecified atom stereocenters. The Kier molecular flexibility index (Phi) is 7.34. The van der Waals surface area contributed by atoms with Crippen molar-refractivity contribution in [3.05, 3.63) is 0 Å². The molecule has 0 saturated heterocycles. The quantitative estimate of drug-likeness (QED) is 0.281. The zero-order chi connectivity index (χ0) is 15.3. The molecule has 0 amide bonds. The summed E-state index contributed by atoms with van der Waals surface area (Å²) in [4.78, 5) is 47.0. The van der Waals surface area contributed by atoms with Crippen molar-refractivity contribution in [3.63, 3.8) is 0 Å². The number of aliphatic carboxylic acids is 1. The molecule has 0 aliphatic heterocycles. The molecule has 0 aromatic heterocycles. The monoisotopic (exact) mass is 320 g/mol. The van der Waals surface area contributed by atoms with E-state index >= 15 is 0 Å². The Hall–Kier alpha value is -0.310. The first-order valence-corrected chi connectivity index (χ1v) is 8.82. The summed E-state index contributed by atoms with van der Waals surface area (Å²) < 4.78 is 21.8. The summed E-state index contributed by atoms with van der Waals surface area (Å²) in [6, 6.07) is -1.41. The Labute approximate surface area is 109 Å². The zero-order valence-electron chi connectivity index (χ0n) is 9.99. The first-order chi connectivity index (χ1) is 8.46. The maximum Gasteiger partial charge on any atom is 0.339 e. The van der Waals surface area contributed by atoms with Gasteiger partial charge in [0.2, 0.25) is 0 Å². The van der Waals surface area contributed by atoms with Gasteiger partial charge in [0.25, 0.3) is 0 Å². The Morgan fingerprint density at radius 1 is 1.11 bits per heavy atom. The van der Waals surface area contributed by atoms with E-state index in [2.05, 4.69) is 0 Å². The van der Waals surface area contributed by atoms with Gasteiger partial charge < -0.3 is 30.4 Å². The lowest BCUT2D eigenvalue weighted by Crippen LogP contribution is -2.42. The van der Waals surface area contributed by atoms with Crippen molar-refractivity contribution in [3.8, 4) is 0 Å². The van der Waals surface area contributed by atoms with Gasteiger partial charge in [0.1, 0.15) is 18.6 Å². The molecule has 0 aromatic rings. The van der Waals surface area contributed by atoms with Gasteiger partial charge in [-0.2, -0.15) is 0 Å². The molecule has 7 N–H and O–H groups in total. The summed E-state index contributed by atoms with van der Waals surface area (Å²) in [5.41, 5.74) is 5.21. The maximum atomic E-state index is 11.0. The predicted octanol–water partition coefficient (Wildman–Crippen LogP) is -1.25. The molecule has 0 heterocycles. The number of hydrogen-bond donors (Lipinski definition) is 6. The molecule has 0 aliphatic carbocycles. The third-order valence-electron chi connectivity index (χ3n) is 2.14. The van der Waals surface area contributed by atoms with Gasteiger partial charge in [0.15, 0.2) is 0 Å². The Morgan fingerprint density at radius 2 is 1.53 bits per heavy atom. The topological polar surface area (TPSA) is 182 Å². The number of carboxylic acids is 1. The molecule has 19 heavy (non-hydrogen) atoms. The highest BCUT2D eigenvalue weighted by atomic mass is 31.2. The fraction of sp³-hybridized carbons (Fsp3) is 0.857. The maximum absolute atomic E-state index is 11.0. The number of hydrogen-bond acceptors (Lipinski definition) is 5. The van der Waals surface area contributed by atoms with Gasteiger partial charge in [0.05, 0.1) is 0 Å². The second-order valence-electron chi connectivity index (χ2n) is 3.99. The second-order valence-corrected chi connectivity index (χ2v) is 7.21. The smallest absolute Gasteiger partial charge is 0.339 e. The Bertz CT molecular complexity index is 367. The molecule has 0 rings (SSSR count). The summed E-state index contributed by atoms with van der Waals surface area (Å²) in [6.45, 7) is 0.156. The van der Waals surface area contributed by atoms with Gasteiger partial charge in [-0.1, -0.05) is 0 Å². The van der Waals surface area contributed by atoms with E-state index in [0.29, 0.717) is 4.90 Å². The van der Waals surface area contributed by atoms with E-state index in [1.165, 1.54) is 0 Å². The summed E-state index contributed by atoms with van der Waals surface area (Å²) in [5.74, 6) is -1.42. The third-order valence-corrected chi connectivity index (χ3v) is 3.60. The number of nitrogens with zero attached hydrogens (tertiary/aromatic N) is 1. The normalized spacial score (nSPS) is 14.6. The van der Waals surface area contributed by atoms with Gasteiger partial charge in [-0.3, -0.25) is 18.8 Å². The molecule has 0 bridgehead atoms. The SMILES string of the molecule is NCCCC(C(=O)O)N(CP(=O)(O)O)CP(=O)(O)O. The minimum Gasteiger partial charge on any atom is -0.480 e. The van der Waals surface area contributed by atoms with E-state index < -0.39 is 39.8 Å². The van der Waals surface area contributed by atoms with Crippen molar-refractivity contribution >= 4 is 21.2 Å². The largest absolute Gasteiger partial charge is 0.480 e. The van der Waals surface area contributed by atoms with Crippen LogP contribution < -0.4 is 5.73 Å². The van der Waals surface area contributed by atoms with Crippen molar-refractivity contribution in [2.75, 3.05) is 19.1 Å². The number of nitrogens with two attached hydrogens (primary N) is 1. The molecule has 0 fully saturated rings. The van der Waals surface area contributed by atoms with Crippen LogP contribution in [0.2, 0.25) is 0 Å². The van der Waals surface area contributed by atoms with Crippen LogP contribution >= 0.6 is 15.2 Å². The van der Waals surface area contributed by atoms with Crippen LogP contribution in [0.4, 0.5) is 0 Å². The van der Waals surface area contributed by atoms with E-state index in [1.54, 1.807) is 0 Å². The fourth-order valence-electron chi connectivity index (χ4n) is 1.49. The highest BCUT2D eigenvalue weighted by Gasteiger charge is 2.34. The molecule has 0 spiro atoms. The predicted molar refractivity (Wildman–Crippen MR) is 65.4 cm³/mol. The fourth-order valence-corrected chi connectivity index (χ4v) is 3.19. The van der Waals surface area contributed by atoms with Crippen LogP contribution in [0.5, 0.6) is 0 Å². The van der Waals surface area contributed by atoms with Crippen LogP contribution in [0, 0.1) is 0 Å². The van der Waals surface area contributed by atoms with Crippen molar-refractivity contribution in [2.24, 2.45) is 5.73 Å². The number of rotatable bonds is 9. The molecule has 114 valence electrons. The van der Waals surface area contributed by atoms with Gasteiger partial charge >= 0.3 is 21.2 Å². The molecular formula is C7H18N2O8P2. The molecular weight excluding hydrogens is 302 g/mol. The Morgan fingerprint density at radius 3 is 1.79 bits per heavy atom. The second kappa shape index (κ2) is 7.47. The van der Waals surface area contributed by atoms with Gasteiger partial charge in [-0.05, 0) is 19.4 Å². The van der Waals surface area contributed by atoms with E-state index in [4.69, 9.17) is 30.4 Å². The van der Waals surface area contributed by atoms with Gasteiger partial charge in [0, 0.05) is 0 Å². The van der Waals surface area contributed by atoms with Crippen molar-refractivity contribution in [1.29, 1.82) is 0 Å². The zero-order valence-corrected chi connectivity index (χ0v) is 11.8. The van der Waals surface area contributed by atoms with Crippen LogP contribution in [-0.4, -0.2) is 60.7 Å². The van der Waals surface area contributed by atoms with Crippen LogP contribution in [0.3, 0.4) is 0 Å². The lowest BCUT2D eigenvalue weighted by atomic mass is 10.1. The molecule has 12 heteroatoms. The van der Waals surface area contributed by atoms with Gasteiger partial charge in [-0.15, -0.1) is 0 Å². The molecule has 0 saturated carbocycles. The van der Waals surface area contributed by atoms with Gasteiger partial charge in [-0.25, -0.2) is 0 Å². The molecule has 1 atom stereocenters. The summed E-state index contributed by atoms with van der Waals surface area (Å²) in [5, 5.41) is 8.98. The van der Waals surface area contributed by atoms with Crippen molar-refractivity contribution in [2.45, 2.75) is 18.9 Å². The van der Waals surface area contributed by atoms with Crippen LogP contribution in [-0.2, 0) is 13.9 Å². The van der Waals surface area contributed by atoms with E-state index in [0.717, 1.165) is 0 Å². The van der Waals surface area contributed by atoms with E-state index in [9.17, 15) is 13.9 Å². The van der Waals surface area contributed by atoms with Crippen LogP contribution in [0.15, 0.2) is 0 Å². The first-order valence-electron chi connectivity index (χ1n) is 5.22. The number of carbonyl (C=O) groups is 1. The average molecular weight is 320 g/mol. The summed E-state index contributed by atoms with van der Waals surface area (Å²) in [7, 11) is -9.29. The van der Waals surface area contributed by atoms with E-state index in [-0.39, 0.29) is 19.4 Å². The lowest BCUT2D eigenvalue weighted by Gasteiger charge is -2.28. The molecule has 0 aliphatic rings. The van der Waals surface area contributed by atoms with E-state index in [1.807, 2.05) is 0 Å². The molecule has 10 nitrogen and oxygen atoms in total. The lowest BCUT2D eigenvalue weighted by molar-refractivity contribution is -0.142. The third kappa shape index (κ3) is 9.26. The summed E-state index contributed by atoms with van der Waals surface area (Å²) >= 11 is 0. The average Bonchev–Trinajstić information content (AvgIpc) is 2.12. The number of carboxylic acid groups (broad SMARTS) is 1. The van der Waals surface area contributed by atoms with Crippen molar-refractivity contribution in [1.82, 2.24) is 4.90 Å². The highest BCUT2D eigenvalue weighted by Crippen LogP contribution is 2.42.